The zero-order valence-electron chi connectivity index (χ0n) is 16.6. The fourth-order valence-corrected chi connectivity index (χ4v) is 3.40. The van der Waals surface area contributed by atoms with E-state index in [4.69, 9.17) is 26.8 Å². The van der Waals surface area contributed by atoms with Crippen LogP contribution in [0, 0.1) is 0 Å². The summed E-state index contributed by atoms with van der Waals surface area (Å²) >= 11 is 6.19. The molecule has 4 nitrogen and oxygen atoms in total. The van der Waals surface area contributed by atoms with E-state index in [1.807, 2.05) is 60.7 Å². The molecular formula is C26H20ClNO3. The number of carbonyl (C=O) groups is 1. The largest absolute Gasteiger partial charge is 0.456 e. The maximum atomic E-state index is 13.0. The number of benzene rings is 4. The minimum absolute atomic E-state index is 0.376. The number of esters is 1. The van der Waals surface area contributed by atoms with Crippen LogP contribution in [-0.2, 0) is 4.74 Å². The number of nitrogens with two attached hydrogens (primary N) is 1. The van der Waals surface area contributed by atoms with Crippen molar-refractivity contribution in [1.29, 1.82) is 0 Å². The summed E-state index contributed by atoms with van der Waals surface area (Å²) in [5, 5.41) is 0.390. The molecule has 4 rings (SSSR count). The lowest BCUT2D eigenvalue weighted by Crippen LogP contribution is -2.13. The first-order chi connectivity index (χ1) is 15.1. The average molecular weight is 430 g/mol. The first-order valence-electron chi connectivity index (χ1n) is 9.74. The lowest BCUT2D eigenvalue weighted by molar-refractivity contribution is 0.0377. The van der Waals surface area contributed by atoms with E-state index in [-0.39, 0.29) is 0 Å². The Morgan fingerprint density at radius 3 is 2.03 bits per heavy atom. The van der Waals surface area contributed by atoms with Crippen molar-refractivity contribution >= 4 is 23.3 Å². The molecule has 0 spiro atoms. The number of nitrogen functional groups attached to an aromatic ring is 1. The van der Waals surface area contributed by atoms with Gasteiger partial charge in [-0.1, -0.05) is 78.3 Å². The molecule has 0 saturated heterocycles. The van der Waals surface area contributed by atoms with Crippen molar-refractivity contribution in [3.05, 3.63) is 125 Å². The first-order valence-corrected chi connectivity index (χ1v) is 10.1. The molecule has 0 heterocycles. The van der Waals surface area contributed by atoms with Crippen LogP contribution in [0.1, 0.15) is 27.6 Å². The van der Waals surface area contributed by atoms with Crippen molar-refractivity contribution in [3.63, 3.8) is 0 Å². The third-order valence-corrected chi connectivity index (χ3v) is 4.98. The molecular weight excluding hydrogens is 410 g/mol. The van der Waals surface area contributed by atoms with E-state index in [9.17, 15) is 4.79 Å². The molecule has 154 valence electrons. The monoisotopic (exact) mass is 429 g/mol. The molecule has 0 amide bonds. The zero-order chi connectivity index (χ0) is 21.6. The zero-order valence-corrected chi connectivity index (χ0v) is 17.3. The molecule has 0 unspecified atom stereocenters. The number of ether oxygens (including phenoxy) is 2. The highest BCUT2D eigenvalue weighted by molar-refractivity contribution is 6.32. The molecule has 0 aliphatic rings. The van der Waals surface area contributed by atoms with Gasteiger partial charge in [0.1, 0.15) is 11.5 Å². The number of hydrogen-bond acceptors (Lipinski definition) is 4. The number of hydrogen-bond donors (Lipinski definition) is 1. The molecule has 0 bridgehead atoms. The Kier molecular flexibility index (Phi) is 6.20. The lowest BCUT2D eigenvalue weighted by atomic mass is 10.0. The fourth-order valence-electron chi connectivity index (χ4n) is 3.17. The molecule has 0 atom stereocenters. The van der Waals surface area contributed by atoms with Crippen LogP contribution in [0.4, 0.5) is 5.69 Å². The van der Waals surface area contributed by atoms with Crippen LogP contribution in [0.25, 0.3) is 0 Å². The van der Waals surface area contributed by atoms with E-state index in [1.54, 1.807) is 42.5 Å². The number of rotatable bonds is 6. The molecule has 31 heavy (non-hydrogen) atoms. The third-order valence-electron chi connectivity index (χ3n) is 4.68. The molecule has 0 saturated carbocycles. The molecule has 0 aliphatic carbocycles. The van der Waals surface area contributed by atoms with Crippen molar-refractivity contribution in [2.24, 2.45) is 0 Å². The number of halogens is 1. The summed E-state index contributed by atoms with van der Waals surface area (Å²) in [7, 11) is 0. The van der Waals surface area contributed by atoms with E-state index in [0.29, 0.717) is 27.8 Å². The summed E-state index contributed by atoms with van der Waals surface area (Å²) in [6.45, 7) is 0. The summed E-state index contributed by atoms with van der Waals surface area (Å²) in [4.78, 5) is 13.0. The van der Waals surface area contributed by atoms with Crippen molar-refractivity contribution in [2.45, 2.75) is 6.10 Å². The molecule has 0 radical (unpaired) electrons. The second-order valence-electron chi connectivity index (χ2n) is 6.93. The van der Waals surface area contributed by atoms with Crippen molar-refractivity contribution in [1.82, 2.24) is 0 Å². The van der Waals surface area contributed by atoms with Gasteiger partial charge in [0.2, 0.25) is 0 Å². The van der Waals surface area contributed by atoms with Crippen molar-refractivity contribution < 1.29 is 14.3 Å². The van der Waals surface area contributed by atoms with E-state index in [1.165, 1.54) is 0 Å². The van der Waals surface area contributed by atoms with Gasteiger partial charge in [0.15, 0.2) is 6.10 Å². The van der Waals surface area contributed by atoms with E-state index >= 15 is 0 Å². The molecule has 4 aromatic carbocycles. The minimum atomic E-state index is -0.522. The summed E-state index contributed by atoms with van der Waals surface area (Å²) in [5.41, 5.74) is 8.43. The quantitative estimate of drug-likeness (QED) is 0.275. The third kappa shape index (κ3) is 5.05. The van der Waals surface area contributed by atoms with Gasteiger partial charge in [0.25, 0.3) is 0 Å². The van der Waals surface area contributed by atoms with Gasteiger partial charge in [-0.25, -0.2) is 4.79 Å². The normalized spacial score (nSPS) is 10.6. The topological polar surface area (TPSA) is 61.5 Å². The second-order valence-corrected chi connectivity index (χ2v) is 7.33. The Morgan fingerprint density at radius 1 is 0.774 bits per heavy atom. The molecule has 0 fully saturated rings. The van der Waals surface area contributed by atoms with Crippen LogP contribution >= 0.6 is 11.6 Å². The standard InChI is InChI=1S/C26H20ClNO3/c27-23-17-21(28)14-15-24(23)30-22-13-7-12-20(16-22)26(29)31-25(18-8-3-1-4-9-18)19-10-5-2-6-11-19/h1-17,25H,28H2. The first kappa shape index (κ1) is 20.5. The highest BCUT2D eigenvalue weighted by Gasteiger charge is 2.20. The Balaban J connectivity index is 1.57. The van der Waals surface area contributed by atoms with Gasteiger partial charge < -0.3 is 15.2 Å². The molecule has 2 N–H and O–H groups in total. The maximum Gasteiger partial charge on any atom is 0.339 e. The Hall–Kier alpha value is -3.76. The number of carbonyl (C=O) groups excluding carboxylic acids is 1. The summed E-state index contributed by atoms with van der Waals surface area (Å²) in [6.07, 6.45) is -0.522. The van der Waals surface area contributed by atoms with Crippen LogP contribution in [0.5, 0.6) is 11.5 Å². The van der Waals surface area contributed by atoms with Gasteiger partial charge in [-0.05, 0) is 47.5 Å². The van der Waals surface area contributed by atoms with Crippen LogP contribution in [0.15, 0.2) is 103 Å². The predicted molar refractivity (Wildman–Crippen MR) is 123 cm³/mol. The smallest absolute Gasteiger partial charge is 0.339 e. The lowest BCUT2D eigenvalue weighted by Gasteiger charge is -2.19. The Morgan fingerprint density at radius 2 is 1.42 bits per heavy atom. The molecule has 0 aromatic heterocycles. The maximum absolute atomic E-state index is 13.0. The van der Waals surface area contributed by atoms with Crippen molar-refractivity contribution in [3.8, 4) is 11.5 Å². The minimum Gasteiger partial charge on any atom is -0.456 e. The summed E-state index contributed by atoms with van der Waals surface area (Å²) < 4.78 is 11.8. The number of anilines is 1. The fraction of sp³-hybridized carbons (Fsp3) is 0.0385. The van der Waals surface area contributed by atoms with Gasteiger partial charge >= 0.3 is 5.97 Å². The van der Waals surface area contributed by atoms with Crippen LogP contribution in [-0.4, -0.2) is 5.97 Å². The van der Waals surface area contributed by atoms with Gasteiger partial charge in [0, 0.05) is 5.69 Å². The van der Waals surface area contributed by atoms with Crippen LogP contribution in [0.3, 0.4) is 0 Å². The van der Waals surface area contributed by atoms with Gasteiger partial charge in [-0.3, -0.25) is 0 Å². The molecule has 0 aliphatic heterocycles. The summed E-state index contributed by atoms with van der Waals surface area (Å²) in [6, 6.07) is 31.1. The van der Waals surface area contributed by atoms with Gasteiger partial charge in [0.05, 0.1) is 10.6 Å². The predicted octanol–water partition coefficient (Wildman–Crippen LogP) is 6.66. The summed E-state index contributed by atoms with van der Waals surface area (Å²) in [5.74, 6) is 0.469. The van der Waals surface area contributed by atoms with Crippen molar-refractivity contribution in [2.75, 3.05) is 5.73 Å². The average Bonchev–Trinajstić information content (AvgIpc) is 2.80. The Labute approximate surface area is 185 Å². The SMILES string of the molecule is Nc1ccc(Oc2cccc(C(=O)OC(c3ccccc3)c3ccccc3)c2)c(Cl)c1. The highest BCUT2D eigenvalue weighted by atomic mass is 35.5. The Bertz CT molecular complexity index is 1140. The van der Waals surface area contributed by atoms with Crippen LogP contribution in [0.2, 0.25) is 5.02 Å². The second kappa shape index (κ2) is 9.37. The van der Waals surface area contributed by atoms with Gasteiger partial charge in [-0.15, -0.1) is 0 Å². The van der Waals surface area contributed by atoms with Crippen LogP contribution < -0.4 is 10.5 Å². The van der Waals surface area contributed by atoms with E-state index < -0.39 is 12.1 Å². The molecule has 5 heteroatoms. The highest BCUT2D eigenvalue weighted by Crippen LogP contribution is 2.32. The van der Waals surface area contributed by atoms with Gasteiger partial charge in [-0.2, -0.15) is 0 Å². The van der Waals surface area contributed by atoms with E-state index in [0.717, 1.165) is 11.1 Å². The molecule has 4 aromatic rings. The van der Waals surface area contributed by atoms with E-state index in [2.05, 4.69) is 0 Å².